The second kappa shape index (κ2) is 10.5. The van der Waals surface area contributed by atoms with E-state index in [2.05, 4.69) is 44.2 Å². The standard InChI is InChI=1S/C23H34N6O2/c1-3-24-23(28-13-11-27(12-14-28)18-20-9-15-31-26-20)25-16-19-8-10-29(17-19)21-6-4-5-7-22(21)30-2/h4-7,9,15,19H,3,8,10-14,16-18H2,1-2H3,(H,24,25). The van der Waals surface area contributed by atoms with Gasteiger partial charge in [-0.3, -0.25) is 9.89 Å². The molecule has 2 saturated heterocycles. The zero-order valence-corrected chi connectivity index (χ0v) is 18.7. The summed E-state index contributed by atoms with van der Waals surface area (Å²) < 4.78 is 10.5. The monoisotopic (exact) mass is 426 g/mol. The van der Waals surface area contributed by atoms with Crippen LogP contribution in [0, 0.1) is 5.92 Å². The predicted octanol–water partition coefficient (Wildman–Crippen LogP) is 2.29. The average Bonchev–Trinajstić information content (AvgIpc) is 3.49. The molecule has 1 aromatic carbocycles. The number of piperazine rings is 1. The van der Waals surface area contributed by atoms with Crippen molar-refractivity contribution in [3.05, 3.63) is 42.3 Å². The fourth-order valence-corrected chi connectivity index (χ4v) is 4.40. The van der Waals surface area contributed by atoms with Gasteiger partial charge in [0.25, 0.3) is 0 Å². The molecule has 0 bridgehead atoms. The number of anilines is 1. The number of rotatable bonds is 7. The highest BCUT2D eigenvalue weighted by molar-refractivity contribution is 5.80. The topological polar surface area (TPSA) is 69.4 Å². The molecule has 3 heterocycles. The Kier molecular flexibility index (Phi) is 7.30. The van der Waals surface area contributed by atoms with Crippen molar-refractivity contribution in [3.8, 4) is 5.75 Å². The molecule has 1 atom stereocenters. The van der Waals surface area contributed by atoms with Crippen molar-refractivity contribution in [1.29, 1.82) is 0 Å². The number of ether oxygens (including phenoxy) is 1. The van der Waals surface area contributed by atoms with E-state index in [0.29, 0.717) is 5.92 Å². The average molecular weight is 427 g/mol. The molecule has 2 fully saturated rings. The molecule has 2 aliphatic heterocycles. The van der Waals surface area contributed by atoms with Crippen molar-refractivity contribution in [1.82, 2.24) is 20.3 Å². The Hall–Kier alpha value is -2.74. The summed E-state index contributed by atoms with van der Waals surface area (Å²) >= 11 is 0. The number of nitrogens with zero attached hydrogens (tertiary/aromatic N) is 5. The minimum absolute atomic E-state index is 0.562. The van der Waals surface area contributed by atoms with Crippen LogP contribution in [0.4, 0.5) is 5.69 Å². The number of methoxy groups -OCH3 is 1. The number of nitrogens with one attached hydrogen (secondary N) is 1. The lowest BCUT2D eigenvalue weighted by Crippen LogP contribution is -2.52. The van der Waals surface area contributed by atoms with E-state index >= 15 is 0 Å². The molecule has 2 aromatic rings. The van der Waals surface area contributed by atoms with Crippen molar-refractivity contribution in [2.45, 2.75) is 19.9 Å². The van der Waals surface area contributed by atoms with Crippen LogP contribution in [0.3, 0.4) is 0 Å². The van der Waals surface area contributed by atoms with Crippen LogP contribution in [0.2, 0.25) is 0 Å². The molecule has 168 valence electrons. The van der Waals surface area contributed by atoms with Gasteiger partial charge in [-0.25, -0.2) is 0 Å². The number of benzene rings is 1. The SMILES string of the molecule is CCNC(=NCC1CCN(c2ccccc2OC)C1)N1CCN(Cc2ccon2)CC1. The van der Waals surface area contributed by atoms with E-state index in [0.717, 1.165) is 82.7 Å². The Morgan fingerprint density at radius 2 is 2.03 bits per heavy atom. The number of aromatic nitrogens is 1. The predicted molar refractivity (Wildman–Crippen MR) is 123 cm³/mol. The molecule has 1 aromatic heterocycles. The lowest BCUT2D eigenvalue weighted by Gasteiger charge is -2.36. The van der Waals surface area contributed by atoms with Crippen molar-refractivity contribution in [2.75, 3.05) is 64.4 Å². The fraction of sp³-hybridized carbons (Fsp3) is 0.565. The lowest BCUT2D eigenvalue weighted by atomic mass is 10.1. The summed E-state index contributed by atoms with van der Waals surface area (Å²) in [7, 11) is 1.74. The second-order valence-corrected chi connectivity index (χ2v) is 8.22. The van der Waals surface area contributed by atoms with Gasteiger partial charge in [0.1, 0.15) is 12.0 Å². The maximum absolute atomic E-state index is 5.54. The van der Waals surface area contributed by atoms with E-state index in [1.165, 1.54) is 5.69 Å². The van der Waals surface area contributed by atoms with Gasteiger partial charge in [0.15, 0.2) is 5.96 Å². The molecule has 1 N–H and O–H groups in total. The molecule has 0 spiro atoms. The molecule has 0 amide bonds. The maximum Gasteiger partial charge on any atom is 0.194 e. The van der Waals surface area contributed by atoms with E-state index in [-0.39, 0.29) is 0 Å². The summed E-state index contributed by atoms with van der Waals surface area (Å²) in [6.07, 6.45) is 2.80. The Bertz CT molecular complexity index is 832. The Morgan fingerprint density at radius 1 is 1.19 bits per heavy atom. The molecule has 31 heavy (non-hydrogen) atoms. The second-order valence-electron chi connectivity index (χ2n) is 8.22. The number of hydrogen-bond donors (Lipinski definition) is 1. The van der Waals surface area contributed by atoms with Crippen LogP contribution in [0.15, 0.2) is 46.1 Å². The normalized spacial score (nSPS) is 20.3. The van der Waals surface area contributed by atoms with Crippen LogP contribution >= 0.6 is 0 Å². The minimum Gasteiger partial charge on any atom is -0.495 e. The van der Waals surface area contributed by atoms with E-state index < -0.39 is 0 Å². The Morgan fingerprint density at radius 3 is 2.77 bits per heavy atom. The van der Waals surface area contributed by atoms with Gasteiger partial charge in [-0.1, -0.05) is 17.3 Å². The molecule has 0 saturated carbocycles. The van der Waals surface area contributed by atoms with Crippen molar-refractivity contribution in [3.63, 3.8) is 0 Å². The third-order valence-corrected chi connectivity index (χ3v) is 6.09. The van der Waals surface area contributed by atoms with Gasteiger partial charge in [0, 0.05) is 65.0 Å². The van der Waals surface area contributed by atoms with Crippen LogP contribution in [-0.4, -0.2) is 80.4 Å². The number of para-hydroxylation sites is 2. The van der Waals surface area contributed by atoms with E-state index in [1.54, 1.807) is 13.4 Å². The van der Waals surface area contributed by atoms with Crippen LogP contribution in [0.5, 0.6) is 5.75 Å². The lowest BCUT2D eigenvalue weighted by molar-refractivity contribution is 0.169. The fourth-order valence-electron chi connectivity index (χ4n) is 4.40. The van der Waals surface area contributed by atoms with Crippen molar-refractivity contribution in [2.24, 2.45) is 10.9 Å². The third kappa shape index (κ3) is 5.50. The summed E-state index contributed by atoms with van der Waals surface area (Å²) in [5.74, 6) is 2.55. The van der Waals surface area contributed by atoms with Crippen molar-refractivity contribution < 1.29 is 9.26 Å². The van der Waals surface area contributed by atoms with Gasteiger partial charge in [-0.15, -0.1) is 0 Å². The largest absolute Gasteiger partial charge is 0.495 e. The molecular formula is C23H34N6O2. The molecular weight excluding hydrogens is 392 g/mol. The van der Waals surface area contributed by atoms with Gasteiger partial charge in [0.05, 0.1) is 18.5 Å². The first-order valence-electron chi connectivity index (χ1n) is 11.3. The summed E-state index contributed by atoms with van der Waals surface area (Å²) in [6.45, 7) is 10.7. The van der Waals surface area contributed by atoms with Gasteiger partial charge < -0.3 is 24.4 Å². The quantitative estimate of drug-likeness (QED) is 0.538. The van der Waals surface area contributed by atoms with E-state index in [1.807, 2.05) is 18.2 Å². The number of hydrogen-bond acceptors (Lipinski definition) is 6. The van der Waals surface area contributed by atoms with E-state index in [9.17, 15) is 0 Å². The highest BCUT2D eigenvalue weighted by Crippen LogP contribution is 2.32. The minimum atomic E-state index is 0.562. The third-order valence-electron chi connectivity index (χ3n) is 6.09. The van der Waals surface area contributed by atoms with Crippen LogP contribution in [-0.2, 0) is 6.54 Å². The molecule has 1 unspecified atom stereocenters. The van der Waals surface area contributed by atoms with E-state index in [4.69, 9.17) is 14.3 Å². The van der Waals surface area contributed by atoms with Crippen molar-refractivity contribution >= 4 is 11.6 Å². The molecule has 2 aliphatic rings. The summed E-state index contributed by atoms with van der Waals surface area (Å²) in [5.41, 5.74) is 2.18. The zero-order chi connectivity index (χ0) is 21.5. The number of guanidine groups is 1. The summed E-state index contributed by atoms with van der Waals surface area (Å²) in [4.78, 5) is 12.2. The Balaban J connectivity index is 1.30. The molecule has 4 rings (SSSR count). The van der Waals surface area contributed by atoms with Gasteiger partial charge in [-0.05, 0) is 31.4 Å². The Labute approximate surface area is 184 Å². The molecule has 0 radical (unpaired) electrons. The smallest absolute Gasteiger partial charge is 0.194 e. The van der Waals surface area contributed by atoms with Gasteiger partial charge in [-0.2, -0.15) is 0 Å². The highest BCUT2D eigenvalue weighted by atomic mass is 16.5. The first-order chi connectivity index (χ1) is 15.3. The number of aliphatic imine (C=N–C) groups is 1. The maximum atomic E-state index is 5.54. The zero-order valence-electron chi connectivity index (χ0n) is 18.7. The van der Waals surface area contributed by atoms with Gasteiger partial charge >= 0.3 is 0 Å². The van der Waals surface area contributed by atoms with Crippen LogP contribution < -0.4 is 15.0 Å². The van der Waals surface area contributed by atoms with Gasteiger partial charge in [0.2, 0.25) is 0 Å². The first-order valence-corrected chi connectivity index (χ1v) is 11.3. The summed E-state index contributed by atoms with van der Waals surface area (Å²) in [5, 5.41) is 7.52. The van der Waals surface area contributed by atoms with Crippen LogP contribution in [0.1, 0.15) is 19.0 Å². The highest BCUT2D eigenvalue weighted by Gasteiger charge is 2.25. The first kappa shape index (κ1) is 21.5. The summed E-state index contributed by atoms with van der Waals surface area (Å²) in [6, 6.07) is 10.2. The molecule has 0 aliphatic carbocycles. The molecule has 8 nitrogen and oxygen atoms in total. The van der Waals surface area contributed by atoms with Crippen LogP contribution in [0.25, 0.3) is 0 Å². The molecule has 8 heteroatoms.